The van der Waals surface area contributed by atoms with Crippen molar-refractivity contribution < 1.29 is 27.2 Å². The summed E-state index contributed by atoms with van der Waals surface area (Å²) in [6, 6.07) is 0. The summed E-state index contributed by atoms with van der Waals surface area (Å²) in [5, 5.41) is 0. The molecule has 1 saturated heterocycles. The lowest BCUT2D eigenvalue weighted by Gasteiger charge is -2.20. The Kier molecular flexibility index (Phi) is 3.85. The number of carbonyl (C=O) groups is 1. The van der Waals surface area contributed by atoms with Gasteiger partial charge in [0.15, 0.2) is 0 Å². The molecule has 0 spiro atoms. The molecule has 0 aromatic heterocycles. The van der Waals surface area contributed by atoms with E-state index in [-0.39, 0.29) is 13.2 Å². The van der Waals surface area contributed by atoms with E-state index in [2.05, 4.69) is 0 Å². The molecule has 7 heteroatoms. The van der Waals surface area contributed by atoms with Crippen molar-refractivity contribution in [3.63, 3.8) is 0 Å². The van der Waals surface area contributed by atoms with Crippen LogP contribution in [0, 0.1) is 5.92 Å². The van der Waals surface area contributed by atoms with Crippen LogP contribution < -0.4 is 0 Å². The van der Waals surface area contributed by atoms with Crippen molar-refractivity contribution in [1.29, 1.82) is 0 Å². The third-order valence-electron chi connectivity index (χ3n) is 1.74. The first-order valence-electron chi connectivity index (χ1n) is 4.17. The molecule has 1 fully saturated rings. The van der Waals surface area contributed by atoms with Crippen LogP contribution in [0.4, 0.5) is 0 Å². The van der Waals surface area contributed by atoms with Crippen molar-refractivity contribution in [3.05, 3.63) is 0 Å². The number of rotatable bonds is 2. The summed E-state index contributed by atoms with van der Waals surface area (Å²) in [6.07, 6.45) is 0.586. The van der Waals surface area contributed by atoms with Gasteiger partial charge in [0.25, 0.3) is 0 Å². The second-order valence-corrected chi connectivity index (χ2v) is 4.47. The predicted molar refractivity (Wildman–Crippen MR) is 44.4 cm³/mol. The first-order valence-corrected chi connectivity index (χ1v) is 5.75. The fourth-order valence-electron chi connectivity index (χ4n) is 1.11. The largest absolute Gasteiger partial charge is 0.748 e. The first-order chi connectivity index (χ1) is 6.49. The molecule has 1 aliphatic heterocycles. The molecule has 0 bridgehead atoms. The van der Waals surface area contributed by atoms with Crippen molar-refractivity contribution >= 4 is 16.1 Å². The van der Waals surface area contributed by atoms with E-state index in [1.54, 1.807) is 0 Å². The molecule has 1 heterocycles. The summed E-state index contributed by atoms with van der Waals surface area (Å²) in [5.74, 6) is -2.42. The lowest BCUT2D eigenvalue weighted by molar-refractivity contribution is -0.152. The van der Waals surface area contributed by atoms with E-state index >= 15 is 0 Å². The number of hydrogen-bond acceptors (Lipinski definition) is 6. The Hall–Kier alpha value is -0.660. The number of ether oxygens (including phenoxy) is 2. The molecule has 1 aliphatic rings. The van der Waals surface area contributed by atoms with E-state index in [1.165, 1.54) is 0 Å². The fraction of sp³-hybridized carbons (Fsp3) is 0.857. The zero-order chi connectivity index (χ0) is 10.6. The minimum Gasteiger partial charge on any atom is -0.748 e. The molecule has 6 nitrogen and oxygen atoms in total. The van der Waals surface area contributed by atoms with Crippen LogP contribution in [-0.4, -0.2) is 44.5 Å². The molecule has 1 unspecified atom stereocenters. The Morgan fingerprint density at radius 1 is 1.43 bits per heavy atom. The smallest absolute Gasteiger partial charge is 0.312 e. The average molecular weight is 223 g/mol. The Bertz CT molecular complexity index is 295. The van der Waals surface area contributed by atoms with E-state index in [9.17, 15) is 17.8 Å². The Balaban J connectivity index is 2.58. The standard InChI is InChI=1S/C7H12O6S/c8-7-6(5-14(9,10)11)4-12-2-1-3-13-7/h6H,1-5H2,(H,9,10,11)/p-1. The summed E-state index contributed by atoms with van der Waals surface area (Å²) in [7, 11) is -4.42. The van der Waals surface area contributed by atoms with Crippen molar-refractivity contribution in [2.75, 3.05) is 25.6 Å². The molecule has 1 rings (SSSR count). The second kappa shape index (κ2) is 4.72. The van der Waals surface area contributed by atoms with Gasteiger partial charge < -0.3 is 14.0 Å². The maximum atomic E-state index is 11.1. The maximum Gasteiger partial charge on any atom is 0.312 e. The molecule has 0 N–H and O–H groups in total. The molecule has 0 aromatic rings. The van der Waals surface area contributed by atoms with E-state index in [0.717, 1.165) is 0 Å². The molecule has 0 aromatic carbocycles. The van der Waals surface area contributed by atoms with Gasteiger partial charge >= 0.3 is 5.97 Å². The normalized spacial score (nSPS) is 24.9. The summed E-state index contributed by atoms with van der Waals surface area (Å²) in [4.78, 5) is 11.1. The summed E-state index contributed by atoms with van der Waals surface area (Å²) in [5.41, 5.74) is 0. The molecule has 0 radical (unpaired) electrons. The van der Waals surface area contributed by atoms with E-state index in [0.29, 0.717) is 13.0 Å². The van der Waals surface area contributed by atoms with Gasteiger partial charge in [-0.05, 0) is 0 Å². The van der Waals surface area contributed by atoms with E-state index in [4.69, 9.17) is 9.47 Å². The van der Waals surface area contributed by atoms with Crippen LogP contribution in [-0.2, 0) is 24.4 Å². The van der Waals surface area contributed by atoms with Crippen LogP contribution in [0.25, 0.3) is 0 Å². The summed E-state index contributed by atoms with van der Waals surface area (Å²) in [6.45, 7) is 0.539. The van der Waals surface area contributed by atoms with Gasteiger partial charge in [0.05, 0.1) is 35.0 Å². The van der Waals surface area contributed by atoms with Gasteiger partial charge in [-0.1, -0.05) is 0 Å². The van der Waals surface area contributed by atoms with E-state index in [1.807, 2.05) is 0 Å². The third kappa shape index (κ3) is 4.03. The lowest BCUT2D eigenvalue weighted by atomic mass is 10.2. The molecule has 0 amide bonds. The quantitative estimate of drug-likeness (QED) is 0.445. The zero-order valence-electron chi connectivity index (χ0n) is 7.47. The van der Waals surface area contributed by atoms with Gasteiger partial charge in [0.1, 0.15) is 0 Å². The van der Waals surface area contributed by atoms with Crippen LogP contribution in [0.3, 0.4) is 0 Å². The highest BCUT2D eigenvalue weighted by Gasteiger charge is 2.24. The molecule has 82 valence electrons. The maximum absolute atomic E-state index is 11.1. The van der Waals surface area contributed by atoms with Gasteiger partial charge in [-0.2, -0.15) is 0 Å². The second-order valence-electron chi connectivity index (χ2n) is 3.02. The van der Waals surface area contributed by atoms with Crippen molar-refractivity contribution in [3.8, 4) is 0 Å². The van der Waals surface area contributed by atoms with Crippen LogP contribution in [0.2, 0.25) is 0 Å². The van der Waals surface area contributed by atoms with Crippen molar-refractivity contribution in [2.45, 2.75) is 6.42 Å². The third-order valence-corrected chi connectivity index (χ3v) is 2.55. The van der Waals surface area contributed by atoms with Crippen LogP contribution in [0.5, 0.6) is 0 Å². The molecule has 14 heavy (non-hydrogen) atoms. The topological polar surface area (TPSA) is 92.7 Å². The summed E-state index contributed by atoms with van der Waals surface area (Å²) < 4.78 is 41.0. The van der Waals surface area contributed by atoms with Crippen molar-refractivity contribution in [2.24, 2.45) is 5.92 Å². The lowest BCUT2D eigenvalue weighted by Crippen LogP contribution is -2.32. The number of esters is 1. The van der Waals surface area contributed by atoms with Crippen LogP contribution in [0.1, 0.15) is 6.42 Å². The molecule has 0 saturated carbocycles. The average Bonchev–Trinajstić information content (AvgIpc) is 2.03. The molecule has 1 atom stereocenters. The molecular formula is C7H11O6S-. The van der Waals surface area contributed by atoms with E-state index < -0.39 is 27.8 Å². The highest BCUT2D eigenvalue weighted by atomic mass is 32.2. The zero-order valence-corrected chi connectivity index (χ0v) is 8.29. The molecule has 0 aliphatic carbocycles. The Labute approximate surface area is 81.9 Å². The van der Waals surface area contributed by atoms with Gasteiger partial charge in [-0.15, -0.1) is 0 Å². The number of carbonyl (C=O) groups excluding carboxylic acids is 1. The number of hydrogen-bond donors (Lipinski definition) is 0. The molecular weight excluding hydrogens is 212 g/mol. The van der Waals surface area contributed by atoms with Crippen LogP contribution >= 0.6 is 0 Å². The Morgan fingerprint density at radius 2 is 2.14 bits per heavy atom. The fourth-order valence-corrected chi connectivity index (χ4v) is 1.83. The SMILES string of the molecule is O=C1OCCCOCC1CS(=O)(=O)[O-]. The van der Waals surface area contributed by atoms with Gasteiger partial charge in [-0.25, -0.2) is 8.42 Å². The highest BCUT2D eigenvalue weighted by Crippen LogP contribution is 2.08. The van der Waals surface area contributed by atoms with Crippen molar-refractivity contribution in [1.82, 2.24) is 0 Å². The van der Waals surface area contributed by atoms with Crippen LogP contribution in [0.15, 0.2) is 0 Å². The summed E-state index contributed by atoms with van der Waals surface area (Å²) >= 11 is 0. The monoisotopic (exact) mass is 223 g/mol. The van der Waals surface area contributed by atoms with Gasteiger partial charge in [0.2, 0.25) is 0 Å². The number of cyclic esters (lactones) is 1. The first kappa shape index (κ1) is 11.4. The predicted octanol–water partition coefficient (Wildman–Crippen LogP) is -0.889. The highest BCUT2D eigenvalue weighted by molar-refractivity contribution is 7.85. The van der Waals surface area contributed by atoms with Gasteiger partial charge in [0, 0.05) is 13.0 Å². The minimum absolute atomic E-state index is 0.0691. The minimum atomic E-state index is -4.42. The van der Waals surface area contributed by atoms with Gasteiger partial charge in [-0.3, -0.25) is 4.79 Å². The Morgan fingerprint density at radius 3 is 2.79 bits per heavy atom.